The van der Waals surface area contributed by atoms with Crippen molar-refractivity contribution in [3.05, 3.63) is 299 Å². The first-order chi connectivity index (χ1) is 32.3. The molecule has 9 aromatic rings. The van der Waals surface area contributed by atoms with Gasteiger partial charge in [-0.25, -0.2) is 0 Å². The van der Waals surface area contributed by atoms with Crippen molar-refractivity contribution in [2.75, 3.05) is 0 Å². The van der Waals surface area contributed by atoms with Gasteiger partial charge in [-0.3, -0.25) is 0 Å². The van der Waals surface area contributed by atoms with Crippen molar-refractivity contribution in [2.45, 2.75) is 68.6 Å². The van der Waals surface area contributed by atoms with E-state index in [1.807, 2.05) is 0 Å². The molecule has 0 heteroatoms. The SMILES string of the molecule is CC(c1ccccc1)(c1ccccc1)c1cccc(-c2cc(-c3cccc(C(C)(c4ccccc4)c4ccccc4)c3)cc(C3CCCC(C(C)(c4ccccc4)c4ccccc4)C3)c2)c1. The molecule has 0 N–H and O–H groups in total. The average Bonchev–Trinajstić information content (AvgIpc) is 3.41. The third-order valence-electron chi connectivity index (χ3n) is 15.6. The number of hydrogen-bond donors (Lipinski definition) is 0. The fourth-order valence-electron chi connectivity index (χ4n) is 11.5. The molecule has 10 rings (SSSR count). The topological polar surface area (TPSA) is 0 Å². The monoisotopic (exact) mass is 852 g/mol. The summed E-state index contributed by atoms with van der Waals surface area (Å²) in [4.78, 5) is 0. The smallest absolute Gasteiger partial charge is 0.0423 e. The van der Waals surface area contributed by atoms with Crippen molar-refractivity contribution < 1.29 is 0 Å². The summed E-state index contributed by atoms with van der Waals surface area (Å²) < 4.78 is 0. The summed E-state index contributed by atoms with van der Waals surface area (Å²) >= 11 is 0. The van der Waals surface area contributed by atoms with E-state index >= 15 is 0 Å². The van der Waals surface area contributed by atoms with Crippen LogP contribution in [0.15, 0.2) is 249 Å². The highest BCUT2D eigenvalue weighted by Gasteiger charge is 2.41. The van der Waals surface area contributed by atoms with Crippen molar-refractivity contribution in [3.8, 4) is 22.3 Å². The predicted octanol–water partition coefficient (Wildman–Crippen LogP) is 17.0. The third kappa shape index (κ3) is 8.05. The number of hydrogen-bond acceptors (Lipinski definition) is 0. The van der Waals surface area contributed by atoms with Gasteiger partial charge >= 0.3 is 0 Å². The van der Waals surface area contributed by atoms with Crippen LogP contribution in [0.5, 0.6) is 0 Å². The largest absolute Gasteiger partial charge is 0.0622 e. The van der Waals surface area contributed by atoms with Crippen LogP contribution in [0.3, 0.4) is 0 Å². The van der Waals surface area contributed by atoms with Gasteiger partial charge in [-0.1, -0.05) is 244 Å². The molecule has 1 aliphatic rings. The minimum absolute atomic E-state index is 0.108. The molecule has 0 saturated heterocycles. The molecule has 0 spiro atoms. The molecular weight excluding hydrogens is 793 g/mol. The molecule has 0 aliphatic heterocycles. The number of rotatable bonds is 12. The molecule has 66 heavy (non-hydrogen) atoms. The van der Waals surface area contributed by atoms with Gasteiger partial charge in [-0.2, -0.15) is 0 Å². The Morgan fingerprint density at radius 2 is 0.636 bits per heavy atom. The van der Waals surface area contributed by atoms with Gasteiger partial charge in [0.2, 0.25) is 0 Å². The highest BCUT2D eigenvalue weighted by molar-refractivity contribution is 5.76. The molecule has 1 saturated carbocycles. The normalized spacial score (nSPS) is 15.6. The summed E-state index contributed by atoms with van der Waals surface area (Å²) in [5.74, 6) is 0.896. The Morgan fingerprint density at radius 3 is 1.00 bits per heavy atom. The lowest BCUT2D eigenvalue weighted by Gasteiger charge is -2.43. The van der Waals surface area contributed by atoms with Crippen LogP contribution in [0.1, 0.15) is 102 Å². The van der Waals surface area contributed by atoms with Crippen LogP contribution in [0, 0.1) is 5.92 Å². The maximum absolute atomic E-state index is 2.54. The van der Waals surface area contributed by atoms with E-state index in [-0.39, 0.29) is 16.2 Å². The Balaban J connectivity index is 1.13. The van der Waals surface area contributed by atoms with Crippen LogP contribution < -0.4 is 0 Å². The standard InChI is InChI=1S/C66H60/c1-64(55-28-10-4-11-29-55,56-30-12-5-13-31-56)61-40-22-25-49(46-61)52-43-53(50-26-23-41-62(47-50)65(2,57-32-14-6-15-33-57)58-34-16-7-17-35-58)45-54(44-52)51-27-24-42-63(48-51)66(3,59-36-18-8-19-37-59)60-38-20-9-21-39-60/h4-23,25-26,28-41,43-47,51,63H,24,27,42,48H2,1-3H3. The first kappa shape index (κ1) is 42.9. The lowest BCUT2D eigenvalue weighted by Crippen LogP contribution is -2.36. The van der Waals surface area contributed by atoms with Gasteiger partial charge in [0, 0.05) is 16.2 Å². The Morgan fingerprint density at radius 1 is 0.303 bits per heavy atom. The van der Waals surface area contributed by atoms with Gasteiger partial charge in [-0.15, -0.1) is 0 Å². The van der Waals surface area contributed by atoms with Crippen LogP contribution >= 0.6 is 0 Å². The maximum Gasteiger partial charge on any atom is 0.0423 e. The zero-order valence-corrected chi connectivity index (χ0v) is 38.7. The van der Waals surface area contributed by atoms with Crippen molar-refractivity contribution >= 4 is 0 Å². The summed E-state index contributed by atoms with van der Waals surface area (Å²) in [5.41, 5.74) is 16.2. The molecule has 0 radical (unpaired) electrons. The van der Waals surface area contributed by atoms with E-state index < -0.39 is 0 Å². The van der Waals surface area contributed by atoms with Crippen LogP contribution in [-0.2, 0) is 16.2 Å². The lowest BCUT2D eigenvalue weighted by molar-refractivity contribution is 0.233. The summed E-state index contributed by atoms with van der Waals surface area (Å²) in [6.45, 7) is 7.29. The fraction of sp³-hybridized carbons (Fsp3) is 0.182. The summed E-state index contributed by atoms with van der Waals surface area (Å²) in [5, 5.41) is 0. The second-order valence-corrected chi connectivity index (χ2v) is 19.2. The predicted molar refractivity (Wildman–Crippen MR) is 278 cm³/mol. The zero-order valence-electron chi connectivity index (χ0n) is 38.7. The number of benzene rings is 9. The van der Waals surface area contributed by atoms with Crippen molar-refractivity contribution in [2.24, 2.45) is 5.92 Å². The molecule has 2 unspecified atom stereocenters. The Hall–Kier alpha value is -7.02. The molecule has 0 nitrogen and oxygen atoms in total. The fourth-order valence-corrected chi connectivity index (χ4v) is 11.5. The minimum atomic E-state index is -0.345. The van der Waals surface area contributed by atoms with Crippen LogP contribution in [0.25, 0.3) is 22.3 Å². The molecule has 0 heterocycles. The highest BCUT2D eigenvalue weighted by atomic mass is 14.4. The summed E-state index contributed by atoms with van der Waals surface area (Å²) in [6.07, 6.45) is 4.72. The van der Waals surface area contributed by atoms with E-state index in [1.165, 1.54) is 91.6 Å². The molecule has 9 aromatic carbocycles. The second-order valence-electron chi connectivity index (χ2n) is 19.2. The van der Waals surface area contributed by atoms with Gasteiger partial charge in [0.25, 0.3) is 0 Å². The van der Waals surface area contributed by atoms with Crippen LogP contribution in [0.4, 0.5) is 0 Å². The summed E-state index contributed by atoms with van der Waals surface area (Å²) in [7, 11) is 0. The maximum atomic E-state index is 2.54. The molecular formula is C66H60. The lowest BCUT2D eigenvalue weighted by atomic mass is 9.60. The van der Waals surface area contributed by atoms with Crippen molar-refractivity contribution in [1.82, 2.24) is 0 Å². The Labute approximate surface area is 393 Å². The molecule has 1 fully saturated rings. The first-order valence-corrected chi connectivity index (χ1v) is 24.0. The van der Waals surface area contributed by atoms with Gasteiger partial charge < -0.3 is 0 Å². The van der Waals surface area contributed by atoms with E-state index in [0.29, 0.717) is 11.8 Å². The van der Waals surface area contributed by atoms with E-state index in [1.54, 1.807) is 0 Å². The van der Waals surface area contributed by atoms with Gasteiger partial charge in [0.15, 0.2) is 0 Å². The second kappa shape index (κ2) is 18.5. The molecule has 0 bridgehead atoms. The van der Waals surface area contributed by atoms with E-state index in [0.717, 1.165) is 6.42 Å². The molecule has 0 amide bonds. The Kier molecular flexibility index (Phi) is 12.0. The van der Waals surface area contributed by atoms with Gasteiger partial charge in [0.05, 0.1) is 0 Å². The van der Waals surface area contributed by atoms with Gasteiger partial charge in [0.1, 0.15) is 0 Å². The zero-order chi connectivity index (χ0) is 45.0. The van der Waals surface area contributed by atoms with Crippen LogP contribution in [-0.4, -0.2) is 0 Å². The molecule has 324 valence electrons. The van der Waals surface area contributed by atoms with Crippen molar-refractivity contribution in [3.63, 3.8) is 0 Å². The quantitative estimate of drug-likeness (QED) is 0.107. The Bertz CT molecular complexity index is 2720. The summed E-state index contributed by atoms with van der Waals surface area (Å²) in [6, 6.07) is 93.0. The highest BCUT2D eigenvalue weighted by Crippen LogP contribution is 2.50. The van der Waals surface area contributed by atoms with E-state index in [4.69, 9.17) is 0 Å². The van der Waals surface area contributed by atoms with E-state index in [9.17, 15) is 0 Å². The minimum Gasteiger partial charge on any atom is -0.0622 e. The van der Waals surface area contributed by atoms with Crippen LogP contribution in [0.2, 0.25) is 0 Å². The average molecular weight is 853 g/mol. The molecule has 1 aliphatic carbocycles. The molecule has 2 atom stereocenters. The van der Waals surface area contributed by atoms with Crippen molar-refractivity contribution in [1.29, 1.82) is 0 Å². The molecule has 0 aromatic heterocycles. The third-order valence-corrected chi connectivity index (χ3v) is 15.6. The van der Waals surface area contributed by atoms with Gasteiger partial charge in [-0.05, 0) is 135 Å². The van der Waals surface area contributed by atoms with E-state index in [2.05, 4.69) is 269 Å². The first-order valence-electron chi connectivity index (χ1n) is 24.0.